The molecule has 2 heterocycles. The lowest BCUT2D eigenvalue weighted by Crippen LogP contribution is -2.05. The van der Waals surface area contributed by atoms with Crippen LogP contribution in [0.15, 0.2) is 48.8 Å². The molecule has 0 unspecified atom stereocenters. The Labute approximate surface area is 126 Å². The molecular weight excluding hydrogens is 290 g/mol. The Morgan fingerprint density at radius 2 is 2.05 bits per heavy atom. The molecule has 0 radical (unpaired) electrons. The van der Waals surface area contributed by atoms with E-state index in [2.05, 4.69) is 10.3 Å². The van der Waals surface area contributed by atoms with Crippen molar-refractivity contribution < 1.29 is 9.53 Å². The van der Waals surface area contributed by atoms with Crippen LogP contribution in [-0.2, 0) is 11.3 Å². The zero-order chi connectivity index (χ0) is 14.7. The Kier molecular flexibility index (Phi) is 3.75. The van der Waals surface area contributed by atoms with Gasteiger partial charge in [-0.05, 0) is 29.8 Å². The van der Waals surface area contributed by atoms with Crippen molar-refractivity contribution in [1.82, 2.24) is 9.38 Å². The standard InChI is InChI=1S/C15H12ClN3O2/c16-12-3-1-11(2-4-12)9-18-13-5-6-14-17-7-8-19(14)15(13)21-10-20/h1-8,10,18H,9H2. The molecule has 5 nitrogen and oxygen atoms in total. The largest absolute Gasteiger partial charge is 0.409 e. The van der Waals surface area contributed by atoms with Crippen LogP contribution in [0.1, 0.15) is 5.56 Å². The third-order valence-electron chi connectivity index (χ3n) is 3.07. The van der Waals surface area contributed by atoms with E-state index in [-0.39, 0.29) is 0 Å². The first-order valence-electron chi connectivity index (χ1n) is 6.32. The quantitative estimate of drug-likeness (QED) is 0.736. The lowest BCUT2D eigenvalue weighted by Gasteiger charge is -2.12. The predicted molar refractivity (Wildman–Crippen MR) is 80.7 cm³/mol. The summed E-state index contributed by atoms with van der Waals surface area (Å²) in [6.45, 7) is 0.995. The number of hydrogen-bond acceptors (Lipinski definition) is 4. The number of hydrogen-bond donors (Lipinski definition) is 1. The summed E-state index contributed by atoms with van der Waals surface area (Å²) >= 11 is 5.86. The van der Waals surface area contributed by atoms with Crippen LogP contribution >= 0.6 is 11.6 Å². The summed E-state index contributed by atoms with van der Waals surface area (Å²) in [5.41, 5.74) is 2.49. The monoisotopic (exact) mass is 301 g/mol. The molecule has 0 amide bonds. The van der Waals surface area contributed by atoms with Crippen LogP contribution in [0.4, 0.5) is 5.69 Å². The highest BCUT2D eigenvalue weighted by Gasteiger charge is 2.09. The molecule has 0 saturated heterocycles. The SMILES string of the molecule is O=COc1c(NCc2ccc(Cl)cc2)ccc2nccn12. The van der Waals surface area contributed by atoms with E-state index >= 15 is 0 Å². The van der Waals surface area contributed by atoms with E-state index in [0.717, 1.165) is 5.56 Å². The maximum atomic E-state index is 10.7. The summed E-state index contributed by atoms with van der Waals surface area (Å²) in [6, 6.07) is 11.2. The number of pyridine rings is 1. The maximum absolute atomic E-state index is 10.7. The van der Waals surface area contributed by atoms with E-state index in [1.54, 1.807) is 16.8 Å². The molecule has 0 saturated carbocycles. The van der Waals surface area contributed by atoms with E-state index in [1.807, 2.05) is 36.4 Å². The number of rotatable bonds is 5. The summed E-state index contributed by atoms with van der Waals surface area (Å²) in [6.07, 6.45) is 3.39. The van der Waals surface area contributed by atoms with Gasteiger partial charge in [-0.15, -0.1) is 0 Å². The van der Waals surface area contributed by atoms with Crippen molar-refractivity contribution in [2.45, 2.75) is 6.54 Å². The van der Waals surface area contributed by atoms with Crippen molar-refractivity contribution in [2.75, 3.05) is 5.32 Å². The van der Waals surface area contributed by atoms with Gasteiger partial charge in [0.1, 0.15) is 5.65 Å². The fraction of sp³-hybridized carbons (Fsp3) is 0.0667. The van der Waals surface area contributed by atoms with Gasteiger partial charge in [-0.2, -0.15) is 0 Å². The van der Waals surface area contributed by atoms with Crippen molar-refractivity contribution in [2.24, 2.45) is 0 Å². The van der Waals surface area contributed by atoms with E-state index < -0.39 is 0 Å². The number of halogens is 1. The fourth-order valence-electron chi connectivity index (χ4n) is 2.07. The second kappa shape index (κ2) is 5.85. The third-order valence-corrected chi connectivity index (χ3v) is 3.33. The highest BCUT2D eigenvalue weighted by molar-refractivity contribution is 6.30. The molecule has 0 spiro atoms. The zero-order valence-electron chi connectivity index (χ0n) is 11.0. The molecule has 21 heavy (non-hydrogen) atoms. The molecule has 0 aliphatic rings. The normalized spacial score (nSPS) is 10.5. The average Bonchev–Trinajstić information content (AvgIpc) is 2.97. The number of ether oxygens (including phenoxy) is 1. The first-order chi connectivity index (χ1) is 10.3. The highest BCUT2D eigenvalue weighted by atomic mass is 35.5. The second-order valence-corrected chi connectivity index (χ2v) is 4.84. The van der Waals surface area contributed by atoms with Gasteiger partial charge in [-0.3, -0.25) is 9.20 Å². The van der Waals surface area contributed by atoms with Crippen molar-refractivity contribution in [3.63, 3.8) is 0 Å². The van der Waals surface area contributed by atoms with Crippen molar-refractivity contribution in [3.8, 4) is 5.88 Å². The summed E-state index contributed by atoms with van der Waals surface area (Å²) in [5, 5.41) is 3.94. The molecule has 1 aromatic carbocycles. The third kappa shape index (κ3) is 2.83. The average molecular weight is 302 g/mol. The Hall–Kier alpha value is -2.53. The van der Waals surface area contributed by atoms with Gasteiger partial charge in [0.05, 0.1) is 5.69 Å². The van der Waals surface area contributed by atoms with Gasteiger partial charge in [-0.25, -0.2) is 4.98 Å². The molecule has 3 aromatic rings. The number of anilines is 1. The van der Waals surface area contributed by atoms with Gasteiger partial charge >= 0.3 is 0 Å². The van der Waals surface area contributed by atoms with Crippen LogP contribution in [0.5, 0.6) is 5.88 Å². The number of nitrogens with one attached hydrogen (secondary N) is 1. The molecule has 0 aliphatic heterocycles. The molecule has 106 valence electrons. The molecule has 0 bridgehead atoms. The number of carbonyl (C=O) groups is 1. The van der Waals surface area contributed by atoms with Gasteiger partial charge in [0, 0.05) is 24.0 Å². The molecule has 2 aromatic heterocycles. The smallest absolute Gasteiger partial charge is 0.299 e. The van der Waals surface area contributed by atoms with E-state index in [0.29, 0.717) is 35.3 Å². The van der Waals surface area contributed by atoms with Crippen molar-refractivity contribution in [1.29, 1.82) is 0 Å². The van der Waals surface area contributed by atoms with E-state index in [1.165, 1.54) is 0 Å². The topological polar surface area (TPSA) is 55.6 Å². The molecule has 0 fully saturated rings. The predicted octanol–water partition coefficient (Wildman–Crippen LogP) is 3.14. The number of imidazole rings is 1. The Balaban J connectivity index is 1.87. The van der Waals surface area contributed by atoms with Crippen LogP contribution in [0, 0.1) is 0 Å². The zero-order valence-corrected chi connectivity index (χ0v) is 11.7. The minimum atomic E-state index is 0.405. The van der Waals surface area contributed by atoms with Crippen LogP contribution in [0.2, 0.25) is 5.02 Å². The Bertz CT molecular complexity index is 768. The van der Waals surface area contributed by atoms with E-state index in [9.17, 15) is 4.79 Å². The van der Waals surface area contributed by atoms with Crippen molar-refractivity contribution >= 4 is 29.4 Å². The molecule has 1 N–H and O–H groups in total. The number of benzene rings is 1. The Morgan fingerprint density at radius 1 is 1.24 bits per heavy atom. The molecular formula is C15H12ClN3O2. The molecule has 0 atom stereocenters. The number of aromatic nitrogens is 2. The first kappa shape index (κ1) is 13.5. The summed E-state index contributed by atoms with van der Waals surface area (Å²) in [7, 11) is 0. The van der Waals surface area contributed by atoms with Gasteiger partial charge in [-0.1, -0.05) is 23.7 Å². The van der Waals surface area contributed by atoms with E-state index in [4.69, 9.17) is 16.3 Å². The first-order valence-corrected chi connectivity index (χ1v) is 6.70. The number of carbonyl (C=O) groups excluding carboxylic acids is 1. The lowest BCUT2D eigenvalue weighted by atomic mass is 10.2. The van der Waals surface area contributed by atoms with Crippen LogP contribution in [0.25, 0.3) is 5.65 Å². The van der Waals surface area contributed by atoms with Gasteiger partial charge in [0.15, 0.2) is 0 Å². The van der Waals surface area contributed by atoms with Crippen LogP contribution in [0.3, 0.4) is 0 Å². The van der Waals surface area contributed by atoms with Gasteiger partial charge in [0.25, 0.3) is 6.47 Å². The summed E-state index contributed by atoms with van der Waals surface area (Å²) in [5.74, 6) is 0.411. The summed E-state index contributed by atoms with van der Waals surface area (Å²) in [4.78, 5) is 14.9. The number of nitrogens with zero attached hydrogens (tertiary/aromatic N) is 2. The van der Waals surface area contributed by atoms with Gasteiger partial charge < -0.3 is 10.1 Å². The molecule has 3 rings (SSSR count). The highest BCUT2D eigenvalue weighted by Crippen LogP contribution is 2.26. The maximum Gasteiger partial charge on any atom is 0.299 e. The lowest BCUT2D eigenvalue weighted by molar-refractivity contribution is -0.120. The molecule has 6 heteroatoms. The van der Waals surface area contributed by atoms with Gasteiger partial charge in [0.2, 0.25) is 5.88 Å². The summed E-state index contributed by atoms with van der Waals surface area (Å²) < 4.78 is 6.78. The molecule has 0 aliphatic carbocycles. The fourth-order valence-corrected chi connectivity index (χ4v) is 2.19. The van der Waals surface area contributed by atoms with Crippen molar-refractivity contribution in [3.05, 3.63) is 59.4 Å². The van der Waals surface area contributed by atoms with Crippen LogP contribution in [-0.4, -0.2) is 15.9 Å². The van der Waals surface area contributed by atoms with Crippen LogP contribution < -0.4 is 10.1 Å². The second-order valence-electron chi connectivity index (χ2n) is 4.40. The Morgan fingerprint density at radius 3 is 2.81 bits per heavy atom. The minimum Gasteiger partial charge on any atom is -0.409 e. The minimum absolute atomic E-state index is 0.405. The number of fused-ring (bicyclic) bond motifs is 1.